The van der Waals surface area contributed by atoms with E-state index in [1.54, 1.807) is 6.92 Å². The zero-order valence-electron chi connectivity index (χ0n) is 11.0. The van der Waals surface area contributed by atoms with E-state index in [9.17, 15) is 13.6 Å². The molecule has 0 aliphatic rings. The summed E-state index contributed by atoms with van der Waals surface area (Å²) in [6.07, 6.45) is 0.333. The predicted octanol–water partition coefficient (Wildman–Crippen LogP) is 3.52. The minimum Gasteiger partial charge on any atom is -0.476 e. The Morgan fingerprint density at radius 3 is 2.57 bits per heavy atom. The van der Waals surface area contributed by atoms with Gasteiger partial charge in [0.25, 0.3) is 0 Å². The fourth-order valence-corrected chi connectivity index (χ4v) is 2.06. The van der Waals surface area contributed by atoms with E-state index in [2.05, 4.69) is 4.98 Å². The fraction of sp³-hybridized carbons (Fsp3) is 0.143. The molecule has 0 spiro atoms. The number of aromatic nitrogens is 1. The van der Waals surface area contributed by atoms with Gasteiger partial charge in [-0.2, -0.15) is 0 Å². The molecule has 4 nitrogen and oxygen atoms in total. The molecule has 0 saturated heterocycles. The SMILES string of the molecule is CCc1cc(F)c(-c2cc(N)c(Cl)c(C(=O)O)n2)cc1F. The predicted molar refractivity (Wildman–Crippen MR) is 75.3 cm³/mol. The van der Waals surface area contributed by atoms with E-state index in [1.165, 1.54) is 6.07 Å². The van der Waals surface area contributed by atoms with Gasteiger partial charge in [-0.25, -0.2) is 18.6 Å². The smallest absolute Gasteiger partial charge is 0.356 e. The minimum absolute atomic E-state index is 0.0709. The van der Waals surface area contributed by atoms with Gasteiger partial charge in [-0.15, -0.1) is 0 Å². The van der Waals surface area contributed by atoms with Crippen molar-refractivity contribution in [3.8, 4) is 11.3 Å². The van der Waals surface area contributed by atoms with Gasteiger partial charge in [0.05, 0.1) is 16.4 Å². The highest BCUT2D eigenvalue weighted by molar-refractivity contribution is 6.35. The lowest BCUT2D eigenvalue weighted by molar-refractivity contribution is 0.0691. The van der Waals surface area contributed by atoms with Gasteiger partial charge in [-0.1, -0.05) is 18.5 Å². The molecule has 3 N–H and O–H groups in total. The summed E-state index contributed by atoms with van der Waals surface area (Å²) in [6.45, 7) is 1.69. The third-order valence-corrected chi connectivity index (χ3v) is 3.38. The van der Waals surface area contributed by atoms with Crippen molar-refractivity contribution in [3.63, 3.8) is 0 Å². The van der Waals surface area contributed by atoms with Gasteiger partial charge in [0.2, 0.25) is 0 Å². The lowest BCUT2D eigenvalue weighted by Gasteiger charge is -2.09. The molecule has 7 heteroatoms. The molecule has 0 saturated carbocycles. The quantitative estimate of drug-likeness (QED) is 0.909. The molecule has 21 heavy (non-hydrogen) atoms. The van der Waals surface area contributed by atoms with Crippen LogP contribution in [0.2, 0.25) is 5.02 Å². The molecule has 1 aromatic carbocycles. The number of aryl methyl sites for hydroxylation is 1. The number of aromatic carboxylic acids is 1. The lowest BCUT2D eigenvalue weighted by atomic mass is 10.0. The van der Waals surface area contributed by atoms with Crippen LogP contribution in [0.15, 0.2) is 18.2 Å². The number of carboxylic acid groups (broad SMARTS) is 1. The summed E-state index contributed by atoms with van der Waals surface area (Å²) in [6, 6.07) is 3.23. The Morgan fingerprint density at radius 1 is 1.33 bits per heavy atom. The Kier molecular flexibility index (Phi) is 4.09. The number of pyridine rings is 1. The van der Waals surface area contributed by atoms with E-state index in [1.807, 2.05) is 0 Å². The van der Waals surface area contributed by atoms with Crippen LogP contribution in [0.3, 0.4) is 0 Å². The molecule has 1 aromatic heterocycles. The highest BCUT2D eigenvalue weighted by atomic mass is 35.5. The van der Waals surface area contributed by atoms with Gasteiger partial charge in [0.1, 0.15) is 11.6 Å². The second kappa shape index (κ2) is 5.65. The Labute approximate surface area is 124 Å². The van der Waals surface area contributed by atoms with Crippen LogP contribution in [-0.2, 0) is 6.42 Å². The lowest BCUT2D eigenvalue weighted by Crippen LogP contribution is -2.06. The van der Waals surface area contributed by atoms with E-state index in [4.69, 9.17) is 22.4 Å². The van der Waals surface area contributed by atoms with Gasteiger partial charge in [-0.3, -0.25) is 0 Å². The van der Waals surface area contributed by atoms with E-state index < -0.39 is 23.3 Å². The molecule has 0 atom stereocenters. The minimum atomic E-state index is -1.40. The number of hydrogen-bond donors (Lipinski definition) is 2. The molecule has 0 radical (unpaired) electrons. The van der Waals surface area contributed by atoms with Crippen LogP contribution < -0.4 is 5.73 Å². The maximum atomic E-state index is 14.0. The first-order valence-corrected chi connectivity index (χ1v) is 6.40. The van der Waals surface area contributed by atoms with E-state index in [0.717, 1.165) is 12.1 Å². The molecule has 0 fully saturated rings. The molecule has 110 valence electrons. The van der Waals surface area contributed by atoms with Crippen LogP contribution >= 0.6 is 11.6 Å². The summed E-state index contributed by atoms with van der Waals surface area (Å²) in [5.41, 5.74) is 4.97. The van der Waals surface area contributed by atoms with Crippen molar-refractivity contribution >= 4 is 23.3 Å². The van der Waals surface area contributed by atoms with Gasteiger partial charge >= 0.3 is 5.97 Å². The first kappa shape index (κ1) is 15.2. The first-order valence-electron chi connectivity index (χ1n) is 6.02. The van der Waals surface area contributed by atoms with E-state index in [-0.39, 0.29) is 27.5 Å². The van der Waals surface area contributed by atoms with Crippen molar-refractivity contribution in [2.45, 2.75) is 13.3 Å². The number of benzene rings is 1. The highest BCUT2D eigenvalue weighted by Crippen LogP contribution is 2.30. The number of nitrogens with zero attached hydrogens (tertiary/aromatic N) is 1. The summed E-state index contributed by atoms with van der Waals surface area (Å²) < 4.78 is 27.8. The second-order valence-corrected chi connectivity index (χ2v) is 4.72. The van der Waals surface area contributed by atoms with Gasteiger partial charge in [0, 0.05) is 5.56 Å². The van der Waals surface area contributed by atoms with Crippen molar-refractivity contribution < 1.29 is 18.7 Å². The Morgan fingerprint density at radius 2 is 2.00 bits per heavy atom. The first-order chi connectivity index (χ1) is 9.85. The maximum Gasteiger partial charge on any atom is 0.356 e. The number of hydrogen-bond acceptors (Lipinski definition) is 3. The summed E-state index contributed by atoms with van der Waals surface area (Å²) in [7, 11) is 0. The normalized spacial score (nSPS) is 10.7. The van der Waals surface area contributed by atoms with Crippen molar-refractivity contribution in [3.05, 3.63) is 46.1 Å². The zero-order valence-corrected chi connectivity index (χ0v) is 11.7. The van der Waals surface area contributed by atoms with Gasteiger partial charge < -0.3 is 10.8 Å². The maximum absolute atomic E-state index is 14.0. The topological polar surface area (TPSA) is 76.2 Å². The van der Waals surface area contributed by atoms with Gasteiger partial charge in [-0.05, 0) is 30.2 Å². The van der Waals surface area contributed by atoms with Crippen molar-refractivity contribution in [1.29, 1.82) is 0 Å². The molecule has 1 heterocycles. The average Bonchev–Trinajstić information content (AvgIpc) is 2.43. The second-order valence-electron chi connectivity index (χ2n) is 4.34. The van der Waals surface area contributed by atoms with Crippen LogP contribution in [0.1, 0.15) is 23.0 Å². The van der Waals surface area contributed by atoms with Crippen LogP contribution in [0, 0.1) is 11.6 Å². The van der Waals surface area contributed by atoms with E-state index in [0.29, 0.717) is 6.42 Å². The third kappa shape index (κ3) is 2.80. The number of carbonyl (C=O) groups is 1. The Balaban J connectivity index is 2.68. The Hall–Kier alpha value is -2.21. The zero-order chi connectivity index (χ0) is 15.7. The number of nitrogens with two attached hydrogens (primary N) is 1. The number of carboxylic acids is 1. The molecular formula is C14H11ClF2N2O2. The van der Waals surface area contributed by atoms with Gasteiger partial charge in [0.15, 0.2) is 5.69 Å². The van der Waals surface area contributed by atoms with Crippen LogP contribution in [0.5, 0.6) is 0 Å². The summed E-state index contributed by atoms with van der Waals surface area (Å²) in [5.74, 6) is -2.71. The standard InChI is InChI=1S/C14H11ClF2N2O2/c1-2-6-3-9(17)7(4-8(6)16)11-5-10(18)12(15)13(19-11)14(20)21/h3-5H,2H2,1H3,(H2,18,19)(H,20,21). The largest absolute Gasteiger partial charge is 0.476 e. The van der Waals surface area contributed by atoms with Crippen LogP contribution in [-0.4, -0.2) is 16.1 Å². The van der Waals surface area contributed by atoms with E-state index >= 15 is 0 Å². The summed E-state index contributed by atoms with van der Waals surface area (Å²) in [4.78, 5) is 14.8. The highest BCUT2D eigenvalue weighted by Gasteiger charge is 2.18. The Bertz CT molecular complexity index is 735. The average molecular weight is 313 g/mol. The van der Waals surface area contributed by atoms with Crippen LogP contribution in [0.4, 0.5) is 14.5 Å². The number of halogens is 3. The van der Waals surface area contributed by atoms with Crippen LogP contribution in [0.25, 0.3) is 11.3 Å². The molecule has 0 amide bonds. The fourth-order valence-electron chi connectivity index (χ4n) is 1.88. The van der Waals surface area contributed by atoms with Crippen molar-refractivity contribution in [2.75, 3.05) is 5.73 Å². The molecule has 0 bridgehead atoms. The van der Waals surface area contributed by atoms with Crippen molar-refractivity contribution in [2.24, 2.45) is 0 Å². The molecule has 2 aromatic rings. The van der Waals surface area contributed by atoms with Crippen molar-refractivity contribution in [1.82, 2.24) is 4.98 Å². The third-order valence-electron chi connectivity index (χ3n) is 2.98. The monoisotopic (exact) mass is 312 g/mol. The molecular weight excluding hydrogens is 302 g/mol. The molecule has 2 rings (SSSR count). The molecule has 0 unspecified atom stereocenters. The number of nitrogen functional groups attached to an aromatic ring is 1. The number of rotatable bonds is 3. The molecule has 0 aliphatic carbocycles. The number of anilines is 1. The molecule has 0 aliphatic heterocycles. The summed E-state index contributed by atoms with van der Waals surface area (Å²) >= 11 is 5.73. The summed E-state index contributed by atoms with van der Waals surface area (Å²) in [5, 5.41) is 8.76.